The van der Waals surface area contributed by atoms with Crippen LogP contribution in [-0.4, -0.2) is 16.9 Å². The number of hydrogen-bond acceptors (Lipinski definition) is 3. The van der Waals surface area contributed by atoms with Gasteiger partial charge in [-0.1, -0.05) is 12.1 Å². The zero-order valence-electron chi connectivity index (χ0n) is 11.8. The summed E-state index contributed by atoms with van der Waals surface area (Å²) < 4.78 is 6.98. The number of nitrogens with zero attached hydrogens (tertiary/aromatic N) is 2. The summed E-state index contributed by atoms with van der Waals surface area (Å²) in [7, 11) is 3.59. The average Bonchev–Trinajstić information content (AvgIpc) is 2.82. The third-order valence-electron chi connectivity index (χ3n) is 3.44. The number of nitrogens with two attached hydrogens (primary N) is 1. The summed E-state index contributed by atoms with van der Waals surface area (Å²) >= 11 is 0. The van der Waals surface area contributed by atoms with Crippen LogP contribution in [0.1, 0.15) is 24.5 Å². The Morgan fingerprint density at radius 3 is 2.53 bits per heavy atom. The van der Waals surface area contributed by atoms with Crippen LogP contribution < -0.4 is 10.5 Å². The molecule has 1 atom stereocenters. The first kappa shape index (κ1) is 13.6. The summed E-state index contributed by atoms with van der Waals surface area (Å²) in [5, 5.41) is 4.17. The fourth-order valence-corrected chi connectivity index (χ4v) is 2.12. The summed E-state index contributed by atoms with van der Waals surface area (Å²) in [6, 6.07) is 7.96. The lowest BCUT2D eigenvalue weighted by atomic mass is 9.87. The standard InChI is InChI=1S/C15H21N3O/c1-15(16,9-8-12-10-17-18(2)11-12)13-4-6-14(19-3)7-5-13/h4-7,10-11H,8-9,16H2,1-3H3. The van der Waals surface area contributed by atoms with Gasteiger partial charge in [0.25, 0.3) is 0 Å². The fraction of sp³-hybridized carbons (Fsp3) is 0.400. The number of rotatable bonds is 5. The SMILES string of the molecule is COc1ccc(C(C)(N)CCc2cnn(C)c2)cc1. The number of ether oxygens (including phenoxy) is 1. The first-order chi connectivity index (χ1) is 9.01. The zero-order valence-corrected chi connectivity index (χ0v) is 11.8. The van der Waals surface area contributed by atoms with E-state index in [1.54, 1.807) is 7.11 Å². The van der Waals surface area contributed by atoms with Crippen LogP contribution in [0.5, 0.6) is 5.75 Å². The van der Waals surface area contributed by atoms with Gasteiger partial charge in [0.15, 0.2) is 0 Å². The van der Waals surface area contributed by atoms with Crippen LogP contribution in [0.3, 0.4) is 0 Å². The van der Waals surface area contributed by atoms with Crippen molar-refractivity contribution in [1.29, 1.82) is 0 Å². The van der Waals surface area contributed by atoms with Gasteiger partial charge in [-0.15, -0.1) is 0 Å². The van der Waals surface area contributed by atoms with Crippen molar-refractivity contribution in [2.75, 3.05) is 7.11 Å². The molecule has 0 aliphatic carbocycles. The van der Waals surface area contributed by atoms with Crippen LogP contribution in [0.25, 0.3) is 0 Å². The number of methoxy groups -OCH3 is 1. The van der Waals surface area contributed by atoms with Crippen LogP contribution in [0.2, 0.25) is 0 Å². The molecule has 0 amide bonds. The van der Waals surface area contributed by atoms with Gasteiger partial charge >= 0.3 is 0 Å². The van der Waals surface area contributed by atoms with Gasteiger partial charge in [0.1, 0.15) is 5.75 Å². The molecular weight excluding hydrogens is 238 g/mol. The molecule has 4 nitrogen and oxygen atoms in total. The van der Waals surface area contributed by atoms with E-state index in [0.717, 1.165) is 24.2 Å². The first-order valence-corrected chi connectivity index (χ1v) is 6.42. The molecule has 19 heavy (non-hydrogen) atoms. The molecule has 102 valence electrons. The molecule has 2 rings (SSSR count). The van der Waals surface area contributed by atoms with E-state index in [0.29, 0.717) is 0 Å². The topological polar surface area (TPSA) is 53.1 Å². The minimum absolute atomic E-state index is 0.345. The molecule has 4 heteroatoms. The lowest BCUT2D eigenvalue weighted by Gasteiger charge is -2.25. The molecule has 1 unspecified atom stereocenters. The van der Waals surface area contributed by atoms with Crippen molar-refractivity contribution in [3.05, 3.63) is 47.8 Å². The van der Waals surface area contributed by atoms with Gasteiger partial charge in [-0.3, -0.25) is 4.68 Å². The molecule has 1 heterocycles. The van der Waals surface area contributed by atoms with Gasteiger partial charge in [-0.05, 0) is 43.0 Å². The van der Waals surface area contributed by atoms with E-state index in [-0.39, 0.29) is 5.54 Å². The lowest BCUT2D eigenvalue weighted by Crippen LogP contribution is -2.33. The normalized spacial score (nSPS) is 14.1. The minimum atomic E-state index is -0.345. The van der Waals surface area contributed by atoms with Gasteiger partial charge in [0.2, 0.25) is 0 Å². The Morgan fingerprint density at radius 2 is 2.00 bits per heavy atom. The molecule has 1 aromatic carbocycles. The second-order valence-electron chi connectivity index (χ2n) is 5.17. The Kier molecular flexibility index (Phi) is 3.90. The largest absolute Gasteiger partial charge is 0.497 e. The maximum atomic E-state index is 6.42. The van der Waals surface area contributed by atoms with Crippen molar-refractivity contribution in [3.8, 4) is 5.75 Å². The Morgan fingerprint density at radius 1 is 1.32 bits per heavy atom. The van der Waals surface area contributed by atoms with Crippen LogP contribution in [-0.2, 0) is 19.0 Å². The molecular formula is C15H21N3O. The van der Waals surface area contributed by atoms with Gasteiger partial charge in [0.05, 0.1) is 13.3 Å². The van der Waals surface area contributed by atoms with Crippen LogP contribution >= 0.6 is 0 Å². The van der Waals surface area contributed by atoms with E-state index >= 15 is 0 Å². The highest BCUT2D eigenvalue weighted by molar-refractivity contribution is 5.31. The molecule has 0 saturated carbocycles. The van der Waals surface area contributed by atoms with Crippen LogP contribution in [0.4, 0.5) is 0 Å². The van der Waals surface area contributed by atoms with Crippen molar-refractivity contribution in [2.24, 2.45) is 12.8 Å². The Bertz CT molecular complexity index is 529. The molecule has 2 N–H and O–H groups in total. The quantitative estimate of drug-likeness (QED) is 0.896. The zero-order chi connectivity index (χ0) is 13.9. The molecule has 0 spiro atoms. The molecule has 0 saturated heterocycles. The maximum Gasteiger partial charge on any atom is 0.118 e. The first-order valence-electron chi connectivity index (χ1n) is 6.42. The van der Waals surface area contributed by atoms with Gasteiger partial charge in [-0.25, -0.2) is 0 Å². The van der Waals surface area contributed by atoms with Gasteiger partial charge < -0.3 is 10.5 Å². The monoisotopic (exact) mass is 259 g/mol. The highest BCUT2D eigenvalue weighted by Gasteiger charge is 2.21. The second kappa shape index (κ2) is 5.45. The molecule has 2 aromatic rings. The third-order valence-corrected chi connectivity index (χ3v) is 3.44. The fourth-order valence-electron chi connectivity index (χ4n) is 2.12. The van der Waals surface area contributed by atoms with Crippen LogP contribution in [0, 0.1) is 0 Å². The molecule has 0 fully saturated rings. The summed E-state index contributed by atoms with van der Waals surface area (Å²) in [4.78, 5) is 0. The lowest BCUT2D eigenvalue weighted by molar-refractivity contribution is 0.412. The van der Waals surface area contributed by atoms with Crippen molar-refractivity contribution in [2.45, 2.75) is 25.3 Å². The Hall–Kier alpha value is -1.81. The molecule has 0 radical (unpaired) electrons. The number of benzene rings is 1. The molecule has 0 bridgehead atoms. The summed E-state index contributed by atoms with van der Waals surface area (Å²) in [5.41, 5.74) is 8.41. The van der Waals surface area contributed by atoms with E-state index in [1.165, 1.54) is 5.56 Å². The van der Waals surface area contributed by atoms with Crippen molar-refractivity contribution in [3.63, 3.8) is 0 Å². The summed E-state index contributed by atoms with van der Waals surface area (Å²) in [5.74, 6) is 0.854. The molecule has 0 aliphatic rings. The highest BCUT2D eigenvalue weighted by Crippen LogP contribution is 2.25. The van der Waals surface area contributed by atoms with Crippen molar-refractivity contribution >= 4 is 0 Å². The van der Waals surface area contributed by atoms with E-state index in [1.807, 2.05) is 48.4 Å². The van der Waals surface area contributed by atoms with Crippen LogP contribution in [0.15, 0.2) is 36.7 Å². The van der Waals surface area contributed by atoms with Crippen molar-refractivity contribution < 1.29 is 4.74 Å². The summed E-state index contributed by atoms with van der Waals surface area (Å²) in [6.07, 6.45) is 5.73. The number of aryl methyl sites for hydroxylation is 2. The predicted octanol–water partition coefficient (Wildman–Crippen LogP) is 2.24. The maximum absolute atomic E-state index is 6.42. The minimum Gasteiger partial charge on any atom is -0.497 e. The third kappa shape index (κ3) is 3.35. The Labute approximate surface area is 114 Å². The van der Waals surface area contributed by atoms with Crippen molar-refractivity contribution in [1.82, 2.24) is 9.78 Å². The van der Waals surface area contributed by atoms with E-state index in [9.17, 15) is 0 Å². The predicted molar refractivity (Wildman–Crippen MR) is 76.1 cm³/mol. The number of aromatic nitrogens is 2. The van der Waals surface area contributed by atoms with E-state index in [4.69, 9.17) is 10.5 Å². The van der Waals surface area contributed by atoms with E-state index < -0.39 is 0 Å². The van der Waals surface area contributed by atoms with E-state index in [2.05, 4.69) is 12.0 Å². The number of hydrogen-bond donors (Lipinski definition) is 1. The molecule has 0 aliphatic heterocycles. The van der Waals surface area contributed by atoms with Gasteiger partial charge in [0, 0.05) is 18.8 Å². The van der Waals surface area contributed by atoms with Gasteiger partial charge in [-0.2, -0.15) is 5.10 Å². The highest BCUT2D eigenvalue weighted by atomic mass is 16.5. The molecule has 1 aromatic heterocycles. The second-order valence-corrected chi connectivity index (χ2v) is 5.17. The average molecular weight is 259 g/mol. The smallest absolute Gasteiger partial charge is 0.118 e. The Balaban J connectivity index is 2.04. The summed E-state index contributed by atoms with van der Waals surface area (Å²) in [6.45, 7) is 2.06.